The molecule has 1 unspecified atom stereocenters. The molecule has 1 aromatic rings. The standard InChI is InChI=1S/C10H10O2S/c11-10(12)9-4-2-1-3-7(9)5-8-6-13-8/h1-4,8H,5-6H2,(H,11,12). The maximum Gasteiger partial charge on any atom is 0.335 e. The molecule has 1 aromatic carbocycles. The largest absolute Gasteiger partial charge is 0.478 e. The zero-order chi connectivity index (χ0) is 9.26. The molecule has 0 radical (unpaired) electrons. The fraction of sp³-hybridized carbons (Fsp3) is 0.300. The van der Waals surface area contributed by atoms with Gasteiger partial charge in [-0.2, -0.15) is 11.8 Å². The number of rotatable bonds is 3. The molecule has 0 bridgehead atoms. The quantitative estimate of drug-likeness (QED) is 0.748. The summed E-state index contributed by atoms with van der Waals surface area (Å²) in [7, 11) is 0. The molecule has 2 rings (SSSR count). The van der Waals surface area contributed by atoms with E-state index in [1.807, 2.05) is 23.9 Å². The van der Waals surface area contributed by atoms with Gasteiger partial charge in [0, 0.05) is 11.0 Å². The molecular weight excluding hydrogens is 184 g/mol. The number of carbonyl (C=O) groups is 1. The fourth-order valence-electron chi connectivity index (χ4n) is 1.34. The van der Waals surface area contributed by atoms with Crippen LogP contribution in [0.25, 0.3) is 0 Å². The van der Waals surface area contributed by atoms with Gasteiger partial charge in [0.1, 0.15) is 0 Å². The summed E-state index contributed by atoms with van der Waals surface area (Å²) < 4.78 is 0. The van der Waals surface area contributed by atoms with Crippen molar-refractivity contribution in [3.63, 3.8) is 0 Å². The molecule has 3 heteroatoms. The predicted octanol–water partition coefficient (Wildman–Crippen LogP) is 2.04. The van der Waals surface area contributed by atoms with E-state index in [1.165, 1.54) is 5.75 Å². The molecule has 1 aliphatic rings. The first-order valence-electron chi connectivity index (χ1n) is 4.20. The van der Waals surface area contributed by atoms with E-state index in [0.717, 1.165) is 12.0 Å². The minimum Gasteiger partial charge on any atom is -0.478 e. The highest BCUT2D eigenvalue weighted by Crippen LogP contribution is 2.33. The highest BCUT2D eigenvalue weighted by atomic mass is 32.2. The minimum absolute atomic E-state index is 0.454. The summed E-state index contributed by atoms with van der Waals surface area (Å²) in [4.78, 5) is 10.8. The van der Waals surface area contributed by atoms with Crippen molar-refractivity contribution in [1.82, 2.24) is 0 Å². The zero-order valence-electron chi connectivity index (χ0n) is 7.06. The Balaban J connectivity index is 2.25. The summed E-state index contributed by atoms with van der Waals surface area (Å²) in [5.74, 6) is 0.356. The average Bonchev–Trinajstić information content (AvgIpc) is 2.89. The van der Waals surface area contributed by atoms with Crippen LogP contribution in [0.2, 0.25) is 0 Å². The van der Waals surface area contributed by atoms with Crippen LogP contribution in [0.1, 0.15) is 15.9 Å². The van der Waals surface area contributed by atoms with Crippen molar-refractivity contribution in [2.75, 3.05) is 5.75 Å². The monoisotopic (exact) mass is 194 g/mol. The SMILES string of the molecule is O=C(O)c1ccccc1CC1CS1. The summed E-state index contributed by atoms with van der Waals surface area (Å²) in [6.07, 6.45) is 0.896. The molecule has 0 saturated carbocycles. The van der Waals surface area contributed by atoms with Crippen molar-refractivity contribution in [2.45, 2.75) is 11.7 Å². The van der Waals surface area contributed by atoms with Crippen molar-refractivity contribution in [1.29, 1.82) is 0 Å². The van der Waals surface area contributed by atoms with E-state index in [-0.39, 0.29) is 0 Å². The Labute approximate surface area is 81.0 Å². The highest BCUT2D eigenvalue weighted by molar-refractivity contribution is 8.06. The number of hydrogen-bond acceptors (Lipinski definition) is 2. The van der Waals surface area contributed by atoms with Crippen LogP contribution in [-0.4, -0.2) is 22.1 Å². The van der Waals surface area contributed by atoms with E-state index in [1.54, 1.807) is 12.1 Å². The molecule has 0 amide bonds. The van der Waals surface area contributed by atoms with Crippen molar-refractivity contribution in [2.24, 2.45) is 0 Å². The Morgan fingerprint density at radius 1 is 1.54 bits per heavy atom. The number of hydrogen-bond donors (Lipinski definition) is 1. The number of aromatic carboxylic acids is 1. The Morgan fingerprint density at radius 3 is 2.85 bits per heavy atom. The topological polar surface area (TPSA) is 37.3 Å². The van der Waals surface area contributed by atoms with E-state index in [0.29, 0.717) is 10.8 Å². The van der Waals surface area contributed by atoms with Crippen LogP contribution in [0, 0.1) is 0 Å². The molecule has 0 aliphatic carbocycles. The molecule has 1 N–H and O–H groups in total. The van der Waals surface area contributed by atoms with Gasteiger partial charge in [0.25, 0.3) is 0 Å². The second kappa shape index (κ2) is 3.42. The Hall–Kier alpha value is -0.960. The van der Waals surface area contributed by atoms with E-state index >= 15 is 0 Å². The van der Waals surface area contributed by atoms with Crippen molar-refractivity contribution < 1.29 is 9.90 Å². The zero-order valence-corrected chi connectivity index (χ0v) is 7.88. The number of carboxylic acids is 1. The van der Waals surface area contributed by atoms with E-state index in [9.17, 15) is 4.79 Å². The Bertz CT molecular complexity index is 331. The van der Waals surface area contributed by atoms with Crippen LogP contribution in [0.5, 0.6) is 0 Å². The molecule has 1 saturated heterocycles. The molecule has 2 nitrogen and oxygen atoms in total. The second-order valence-electron chi connectivity index (χ2n) is 3.12. The third kappa shape index (κ3) is 2.04. The molecule has 13 heavy (non-hydrogen) atoms. The van der Waals surface area contributed by atoms with Gasteiger partial charge in [0.2, 0.25) is 0 Å². The molecule has 1 heterocycles. The van der Waals surface area contributed by atoms with E-state index < -0.39 is 5.97 Å². The van der Waals surface area contributed by atoms with Gasteiger partial charge in [-0.15, -0.1) is 0 Å². The Morgan fingerprint density at radius 2 is 2.23 bits per heavy atom. The van der Waals surface area contributed by atoms with Crippen LogP contribution < -0.4 is 0 Å². The molecule has 0 aromatic heterocycles. The van der Waals surface area contributed by atoms with Gasteiger partial charge in [-0.25, -0.2) is 4.79 Å². The number of thioether (sulfide) groups is 1. The fourth-order valence-corrected chi connectivity index (χ4v) is 1.89. The lowest BCUT2D eigenvalue weighted by Crippen LogP contribution is -2.04. The molecule has 1 aliphatic heterocycles. The van der Waals surface area contributed by atoms with Gasteiger partial charge >= 0.3 is 5.97 Å². The van der Waals surface area contributed by atoms with Gasteiger partial charge in [-0.3, -0.25) is 0 Å². The lowest BCUT2D eigenvalue weighted by Gasteiger charge is -2.02. The smallest absolute Gasteiger partial charge is 0.335 e. The van der Waals surface area contributed by atoms with Crippen LogP contribution in [0.4, 0.5) is 0 Å². The molecule has 68 valence electrons. The summed E-state index contributed by atoms with van der Waals surface area (Å²) >= 11 is 1.89. The molecule has 0 spiro atoms. The summed E-state index contributed by atoms with van der Waals surface area (Å²) in [6, 6.07) is 7.24. The third-order valence-electron chi connectivity index (χ3n) is 2.10. The molecule has 1 atom stereocenters. The van der Waals surface area contributed by atoms with Crippen LogP contribution >= 0.6 is 11.8 Å². The lowest BCUT2D eigenvalue weighted by atomic mass is 10.0. The van der Waals surface area contributed by atoms with Crippen molar-refractivity contribution >= 4 is 17.7 Å². The lowest BCUT2D eigenvalue weighted by molar-refractivity contribution is 0.0696. The maximum atomic E-state index is 10.8. The summed E-state index contributed by atoms with van der Waals surface area (Å²) in [5, 5.41) is 9.55. The maximum absolute atomic E-state index is 10.8. The third-order valence-corrected chi connectivity index (χ3v) is 3.07. The van der Waals surface area contributed by atoms with E-state index in [2.05, 4.69) is 0 Å². The van der Waals surface area contributed by atoms with Gasteiger partial charge in [-0.05, 0) is 18.1 Å². The van der Waals surface area contributed by atoms with Crippen molar-refractivity contribution in [3.8, 4) is 0 Å². The van der Waals surface area contributed by atoms with Gasteiger partial charge in [-0.1, -0.05) is 18.2 Å². The van der Waals surface area contributed by atoms with Gasteiger partial charge < -0.3 is 5.11 Å². The average molecular weight is 194 g/mol. The predicted molar refractivity (Wildman–Crippen MR) is 53.4 cm³/mol. The first-order chi connectivity index (χ1) is 6.27. The Kier molecular flexibility index (Phi) is 2.27. The van der Waals surface area contributed by atoms with E-state index in [4.69, 9.17) is 5.11 Å². The van der Waals surface area contributed by atoms with Crippen LogP contribution in [0.15, 0.2) is 24.3 Å². The second-order valence-corrected chi connectivity index (χ2v) is 4.46. The normalized spacial score (nSPS) is 19.8. The number of carboxylic acid groups (broad SMARTS) is 1. The summed E-state index contributed by atoms with van der Waals surface area (Å²) in [6.45, 7) is 0. The summed E-state index contributed by atoms with van der Waals surface area (Å²) in [5.41, 5.74) is 1.42. The first kappa shape index (κ1) is 8.63. The molecular formula is C10H10O2S. The van der Waals surface area contributed by atoms with Crippen LogP contribution in [0.3, 0.4) is 0 Å². The highest BCUT2D eigenvalue weighted by Gasteiger charge is 2.24. The first-order valence-corrected chi connectivity index (χ1v) is 5.25. The van der Waals surface area contributed by atoms with Crippen molar-refractivity contribution in [3.05, 3.63) is 35.4 Å². The minimum atomic E-state index is -0.818. The molecule has 1 fully saturated rings. The van der Waals surface area contributed by atoms with Gasteiger partial charge in [0.15, 0.2) is 0 Å². The van der Waals surface area contributed by atoms with Gasteiger partial charge in [0.05, 0.1) is 5.56 Å². The van der Waals surface area contributed by atoms with Crippen LogP contribution in [-0.2, 0) is 6.42 Å². The number of benzene rings is 1.